The lowest BCUT2D eigenvalue weighted by atomic mass is 10.1. The lowest BCUT2D eigenvalue weighted by molar-refractivity contribution is -0.139. The van der Waals surface area contributed by atoms with Gasteiger partial charge in [0.25, 0.3) is 5.91 Å². The van der Waals surface area contributed by atoms with Crippen molar-refractivity contribution >= 4 is 11.9 Å². The van der Waals surface area contributed by atoms with Gasteiger partial charge in [-0.25, -0.2) is 0 Å². The van der Waals surface area contributed by atoms with E-state index in [1.54, 1.807) is 0 Å². The van der Waals surface area contributed by atoms with Crippen LogP contribution in [0.3, 0.4) is 0 Å². The monoisotopic (exact) mass is 328 g/mol. The summed E-state index contributed by atoms with van der Waals surface area (Å²) in [7, 11) is 0. The van der Waals surface area contributed by atoms with Gasteiger partial charge >= 0.3 is 5.97 Å². The second-order valence-corrected chi connectivity index (χ2v) is 5.34. The molecule has 1 atom stereocenters. The highest BCUT2D eigenvalue weighted by Crippen LogP contribution is 2.09. The Kier molecular flexibility index (Phi) is 6.33. The number of carboxylic acids is 1. The van der Waals surface area contributed by atoms with E-state index in [2.05, 4.69) is 10.6 Å². The quantitative estimate of drug-likeness (QED) is 0.549. The third-order valence-electron chi connectivity index (χ3n) is 3.51. The first kappa shape index (κ1) is 17.5. The third-order valence-corrected chi connectivity index (χ3v) is 3.51. The molecule has 0 saturated carbocycles. The Morgan fingerprint density at radius 2 is 1.62 bits per heavy atom. The van der Waals surface area contributed by atoms with E-state index in [-0.39, 0.29) is 11.7 Å². The second kappa shape index (κ2) is 8.69. The van der Waals surface area contributed by atoms with E-state index in [0.29, 0.717) is 25.1 Å². The highest BCUT2D eigenvalue weighted by molar-refractivity contribution is 5.94. The second-order valence-electron chi connectivity index (χ2n) is 5.34. The molecule has 0 aromatic heterocycles. The van der Waals surface area contributed by atoms with Gasteiger partial charge < -0.3 is 20.8 Å². The highest BCUT2D eigenvalue weighted by Gasteiger charge is 2.17. The van der Waals surface area contributed by atoms with Crippen molar-refractivity contribution in [3.05, 3.63) is 65.7 Å². The molecule has 2 rings (SSSR count). The van der Waals surface area contributed by atoms with Crippen molar-refractivity contribution in [2.45, 2.75) is 12.5 Å². The van der Waals surface area contributed by atoms with Crippen molar-refractivity contribution in [2.24, 2.45) is 0 Å². The van der Waals surface area contributed by atoms with Gasteiger partial charge in [-0.3, -0.25) is 9.59 Å². The first-order chi connectivity index (χ1) is 11.6. The van der Waals surface area contributed by atoms with Gasteiger partial charge in [0.15, 0.2) is 0 Å². The van der Waals surface area contributed by atoms with Gasteiger partial charge in [0.2, 0.25) is 0 Å². The van der Waals surface area contributed by atoms with Crippen LogP contribution in [0.2, 0.25) is 0 Å². The SMILES string of the molecule is O=C(NCCN[C@@H](Cc1ccccc1)C(=O)O)c1ccc(O)cc1. The van der Waals surface area contributed by atoms with Gasteiger partial charge in [-0.05, 0) is 36.2 Å². The molecular weight excluding hydrogens is 308 g/mol. The normalized spacial score (nSPS) is 11.7. The summed E-state index contributed by atoms with van der Waals surface area (Å²) in [6.07, 6.45) is 0.377. The summed E-state index contributed by atoms with van der Waals surface area (Å²) in [5.74, 6) is -1.10. The highest BCUT2D eigenvalue weighted by atomic mass is 16.4. The number of carbonyl (C=O) groups excluding carboxylic acids is 1. The maximum Gasteiger partial charge on any atom is 0.321 e. The van der Waals surface area contributed by atoms with Crippen molar-refractivity contribution in [1.82, 2.24) is 10.6 Å². The molecule has 6 nitrogen and oxygen atoms in total. The lowest BCUT2D eigenvalue weighted by Gasteiger charge is -2.15. The number of aromatic hydroxyl groups is 1. The smallest absolute Gasteiger partial charge is 0.321 e. The Bertz CT molecular complexity index is 671. The van der Waals surface area contributed by atoms with E-state index < -0.39 is 12.0 Å². The van der Waals surface area contributed by atoms with Crippen molar-refractivity contribution in [3.63, 3.8) is 0 Å². The fraction of sp³-hybridized carbons (Fsp3) is 0.222. The number of amides is 1. The number of phenolic OH excluding ortho intramolecular Hbond substituents is 1. The molecule has 1 amide bonds. The molecule has 0 heterocycles. The summed E-state index contributed by atoms with van der Waals surface area (Å²) in [6, 6.07) is 14.6. The van der Waals surface area contributed by atoms with Crippen molar-refractivity contribution < 1.29 is 19.8 Å². The summed E-state index contributed by atoms with van der Waals surface area (Å²) in [5.41, 5.74) is 1.37. The Morgan fingerprint density at radius 1 is 0.958 bits per heavy atom. The van der Waals surface area contributed by atoms with Crippen LogP contribution >= 0.6 is 0 Å². The molecule has 0 aliphatic heterocycles. The van der Waals surface area contributed by atoms with Gasteiger partial charge in [0, 0.05) is 18.7 Å². The molecule has 2 aromatic carbocycles. The van der Waals surface area contributed by atoms with Gasteiger partial charge in [0.05, 0.1) is 0 Å². The molecule has 2 aromatic rings. The number of carboxylic acid groups (broad SMARTS) is 1. The topological polar surface area (TPSA) is 98.7 Å². The minimum absolute atomic E-state index is 0.0958. The molecule has 0 unspecified atom stereocenters. The predicted molar refractivity (Wildman–Crippen MR) is 90.0 cm³/mol. The molecule has 126 valence electrons. The maximum atomic E-state index is 11.9. The number of benzene rings is 2. The molecule has 0 radical (unpaired) electrons. The van der Waals surface area contributed by atoms with Gasteiger partial charge in [0.1, 0.15) is 11.8 Å². The Labute approximate surface area is 140 Å². The van der Waals surface area contributed by atoms with Crippen molar-refractivity contribution in [2.75, 3.05) is 13.1 Å². The first-order valence-electron chi connectivity index (χ1n) is 7.63. The van der Waals surface area contributed by atoms with Crippen molar-refractivity contribution in [1.29, 1.82) is 0 Å². The zero-order valence-corrected chi connectivity index (χ0v) is 13.1. The number of hydrogen-bond donors (Lipinski definition) is 4. The van der Waals surface area contributed by atoms with Crippen LogP contribution in [0.5, 0.6) is 5.75 Å². The summed E-state index contributed by atoms with van der Waals surface area (Å²) in [6.45, 7) is 0.645. The Hall–Kier alpha value is -2.86. The van der Waals surface area contributed by atoms with Crippen LogP contribution in [0.15, 0.2) is 54.6 Å². The molecular formula is C18H20N2O4. The van der Waals surface area contributed by atoms with Crippen LogP contribution < -0.4 is 10.6 Å². The number of aliphatic carboxylic acids is 1. The zero-order valence-electron chi connectivity index (χ0n) is 13.1. The summed E-state index contributed by atoms with van der Waals surface area (Å²) >= 11 is 0. The largest absolute Gasteiger partial charge is 0.508 e. The first-order valence-corrected chi connectivity index (χ1v) is 7.63. The molecule has 0 aliphatic carbocycles. The van der Waals surface area contributed by atoms with E-state index >= 15 is 0 Å². The summed E-state index contributed by atoms with van der Waals surface area (Å²) in [5, 5.41) is 24.1. The van der Waals surface area contributed by atoms with Crippen LogP contribution in [-0.4, -0.2) is 41.2 Å². The van der Waals surface area contributed by atoms with Crippen molar-refractivity contribution in [3.8, 4) is 5.75 Å². The van der Waals surface area contributed by atoms with Crippen LogP contribution in [0.4, 0.5) is 0 Å². The fourth-order valence-corrected chi connectivity index (χ4v) is 2.23. The maximum absolute atomic E-state index is 11.9. The van der Waals surface area contributed by atoms with E-state index in [9.17, 15) is 19.8 Å². The molecule has 0 fully saturated rings. The van der Waals surface area contributed by atoms with Gasteiger partial charge in [-0.15, -0.1) is 0 Å². The Balaban J connectivity index is 1.77. The fourth-order valence-electron chi connectivity index (χ4n) is 2.23. The molecule has 0 aliphatic rings. The molecule has 4 N–H and O–H groups in total. The predicted octanol–water partition coefficient (Wildman–Crippen LogP) is 1.41. The average Bonchev–Trinajstić information content (AvgIpc) is 2.58. The number of carbonyl (C=O) groups is 2. The van der Waals surface area contributed by atoms with Crippen LogP contribution in [0, 0.1) is 0 Å². The lowest BCUT2D eigenvalue weighted by Crippen LogP contribution is -2.42. The van der Waals surface area contributed by atoms with E-state index in [1.165, 1.54) is 24.3 Å². The average molecular weight is 328 g/mol. The van der Waals surface area contributed by atoms with Gasteiger partial charge in [-0.2, -0.15) is 0 Å². The van der Waals surface area contributed by atoms with E-state index in [1.807, 2.05) is 30.3 Å². The zero-order chi connectivity index (χ0) is 17.4. The summed E-state index contributed by atoms with van der Waals surface area (Å²) < 4.78 is 0. The van der Waals surface area contributed by atoms with Crippen LogP contribution in [0.1, 0.15) is 15.9 Å². The molecule has 0 bridgehead atoms. The van der Waals surface area contributed by atoms with E-state index in [4.69, 9.17) is 0 Å². The third kappa shape index (κ3) is 5.40. The minimum atomic E-state index is -0.927. The van der Waals surface area contributed by atoms with Crippen LogP contribution in [-0.2, 0) is 11.2 Å². The number of hydrogen-bond acceptors (Lipinski definition) is 4. The molecule has 0 spiro atoms. The van der Waals surface area contributed by atoms with Crippen LogP contribution in [0.25, 0.3) is 0 Å². The number of rotatable bonds is 8. The molecule has 0 saturated heterocycles. The number of nitrogens with one attached hydrogen (secondary N) is 2. The molecule has 6 heteroatoms. The summed E-state index contributed by atoms with van der Waals surface area (Å²) in [4.78, 5) is 23.2. The van der Waals surface area contributed by atoms with Gasteiger partial charge in [-0.1, -0.05) is 30.3 Å². The Morgan fingerprint density at radius 3 is 2.25 bits per heavy atom. The number of phenols is 1. The standard InChI is InChI=1S/C18H20N2O4/c21-15-8-6-14(7-9-15)17(22)20-11-10-19-16(18(23)24)12-13-4-2-1-3-5-13/h1-9,16,19,21H,10-12H2,(H,20,22)(H,23,24)/t16-/m0/s1. The van der Waals surface area contributed by atoms with E-state index in [0.717, 1.165) is 5.56 Å². The molecule has 24 heavy (non-hydrogen) atoms. The minimum Gasteiger partial charge on any atom is -0.508 e.